The summed E-state index contributed by atoms with van der Waals surface area (Å²) < 4.78 is 0. The summed E-state index contributed by atoms with van der Waals surface area (Å²) in [5.41, 5.74) is 0. The van der Waals surface area contributed by atoms with Gasteiger partial charge in [0.1, 0.15) is 5.78 Å². The lowest BCUT2D eigenvalue weighted by molar-refractivity contribution is -0.121. The lowest BCUT2D eigenvalue weighted by Crippen LogP contribution is -2.35. The van der Waals surface area contributed by atoms with E-state index in [2.05, 4.69) is 11.9 Å². The number of carbonyl (C=O) groups excluding carboxylic acids is 1. The van der Waals surface area contributed by atoms with Crippen LogP contribution < -0.4 is 0 Å². The summed E-state index contributed by atoms with van der Waals surface area (Å²) in [6.45, 7) is 2.89. The molecule has 2 rings (SSSR count). The lowest BCUT2D eigenvalue weighted by Gasteiger charge is -2.20. The molecule has 2 aliphatic rings. The van der Waals surface area contributed by atoms with E-state index in [1.165, 1.54) is 19.3 Å². The van der Waals surface area contributed by atoms with Crippen LogP contribution in [0.2, 0.25) is 0 Å². The zero-order chi connectivity index (χ0) is 8.72. The highest BCUT2D eigenvalue weighted by molar-refractivity contribution is 5.82. The number of hydrogen-bond donors (Lipinski definition) is 0. The molecule has 0 bridgehead atoms. The fourth-order valence-corrected chi connectivity index (χ4v) is 3.13. The standard InChI is InChI=1S/C10H17NO/c1-7(12)10-9-5-3-4-8(9)6-11(10)2/h8-10H,3-6H2,1-2H3/t8-,9-,10+/m0/s1. The number of likely N-dealkylation sites (N-methyl/N-ethyl adjacent to an activating group) is 1. The van der Waals surface area contributed by atoms with Crippen molar-refractivity contribution >= 4 is 5.78 Å². The molecule has 1 aliphatic heterocycles. The second-order valence-corrected chi connectivity index (χ2v) is 4.35. The Morgan fingerprint density at radius 3 is 2.83 bits per heavy atom. The first-order chi connectivity index (χ1) is 5.70. The van der Waals surface area contributed by atoms with E-state index < -0.39 is 0 Å². The zero-order valence-corrected chi connectivity index (χ0v) is 7.92. The number of ketones is 1. The fourth-order valence-electron chi connectivity index (χ4n) is 3.13. The summed E-state index contributed by atoms with van der Waals surface area (Å²) in [7, 11) is 2.09. The number of carbonyl (C=O) groups is 1. The number of hydrogen-bond acceptors (Lipinski definition) is 2. The predicted molar refractivity (Wildman–Crippen MR) is 47.9 cm³/mol. The van der Waals surface area contributed by atoms with Crippen LogP contribution in [0.1, 0.15) is 26.2 Å². The van der Waals surface area contributed by atoms with E-state index >= 15 is 0 Å². The van der Waals surface area contributed by atoms with Gasteiger partial charge in [0.2, 0.25) is 0 Å². The van der Waals surface area contributed by atoms with Gasteiger partial charge in [-0.15, -0.1) is 0 Å². The molecule has 0 spiro atoms. The molecule has 1 aliphatic carbocycles. The van der Waals surface area contributed by atoms with Crippen molar-refractivity contribution < 1.29 is 4.79 Å². The Morgan fingerprint density at radius 1 is 1.42 bits per heavy atom. The summed E-state index contributed by atoms with van der Waals surface area (Å²) in [5, 5.41) is 0. The lowest BCUT2D eigenvalue weighted by atomic mass is 9.92. The first kappa shape index (κ1) is 8.24. The van der Waals surface area contributed by atoms with E-state index in [4.69, 9.17) is 0 Å². The minimum atomic E-state index is 0.248. The van der Waals surface area contributed by atoms with Crippen molar-refractivity contribution in [2.45, 2.75) is 32.2 Å². The third-order valence-corrected chi connectivity index (χ3v) is 3.54. The monoisotopic (exact) mass is 167 g/mol. The molecule has 0 unspecified atom stereocenters. The molecule has 0 aromatic carbocycles. The Morgan fingerprint density at radius 2 is 2.17 bits per heavy atom. The van der Waals surface area contributed by atoms with Gasteiger partial charge in [0, 0.05) is 6.54 Å². The number of nitrogens with zero attached hydrogens (tertiary/aromatic N) is 1. The normalized spacial score (nSPS) is 41.7. The SMILES string of the molecule is CC(=O)[C@@H]1[C@H]2CCC[C@H]2CN1C. The molecule has 0 aromatic rings. The molecule has 1 saturated carbocycles. The van der Waals surface area contributed by atoms with Crippen molar-refractivity contribution in [3.63, 3.8) is 0 Å². The first-order valence-corrected chi connectivity index (χ1v) is 4.91. The van der Waals surface area contributed by atoms with E-state index in [0.717, 1.165) is 12.5 Å². The van der Waals surface area contributed by atoms with Crippen molar-refractivity contribution in [3.05, 3.63) is 0 Å². The smallest absolute Gasteiger partial charge is 0.147 e. The minimum absolute atomic E-state index is 0.248. The van der Waals surface area contributed by atoms with Crippen LogP contribution >= 0.6 is 0 Å². The minimum Gasteiger partial charge on any atom is -0.298 e. The summed E-state index contributed by atoms with van der Waals surface area (Å²) in [6, 6.07) is 0.248. The molecule has 0 radical (unpaired) electrons. The highest BCUT2D eigenvalue weighted by Crippen LogP contribution is 2.41. The van der Waals surface area contributed by atoms with Crippen LogP contribution in [0.4, 0.5) is 0 Å². The van der Waals surface area contributed by atoms with Crippen molar-refractivity contribution in [3.8, 4) is 0 Å². The van der Waals surface area contributed by atoms with Crippen molar-refractivity contribution in [1.82, 2.24) is 4.90 Å². The molecule has 12 heavy (non-hydrogen) atoms. The van der Waals surface area contributed by atoms with Gasteiger partial charge in [-0.2, -0.15) is 0 Å². The topological polar surface area (TPSA) is 20.3 Å². The molecular weight excluding hydrogens is 150 g/mol. The van der Waals surface area contributed by atoms with E-state index in [-0.39, 0.29) is 6.04 Å². The summed E-state index contributed by atoms with van der Waals surface area (Å²) in [6.07, 6.45) is 3.96. The van der Waals surface area contributed by atoms with Crippen molar-refractivity contribution in [2.24, 2.45) is 11.8 Å². The molecular formula is C10H17NO. The van der Waals surface area contributed by atoms with Crippen molar-refractivity contribution in [2.75, 3.05) is 13.6 Å². The first-order valence-electron chi connectivity index (χ1n) is 4.91. The largest absolute Gasteiger partial charge is 0.298 e. The Hall–Kier alpha value is -0.370. The summed E-state index contributed by atoms with van der Waals surface area (Å²) in [5.74, 6) is 1.88. The molecule has 68 valence electrons. The Bertz CT molecular complexity index is 202. The molecule has 0 aromatic heterocycles. The van der Waals surface area contributed by atoms with Crippen molar-refractivity contribution in [1.29, 1.82) is 0 Å². The van der Waals surface area contributed by atoms with Crippen LogP contribution in [0, 0.1) is 11.8 Å². The average Bonchev–Trinajstić information content (AvgIpc) is 2.44. The number of rotatable bonds is 1. The molecule has 2 nitrogen and oxygen atoms in total. The van der Waals surface area contributed by atoms with Crippen LogP contribution in [0.3, 0.4) is 0 Å². The van der Waals surface area contributed by atoms with Gasteiger partial charge >= 0.3 is 0 Å². The highest BCUT2D eigenvalue weighted by atomic mass is 16.1. The van der Waals surface area contributed by atoms with Crippen LogP contribution in [0.5, 0.6) is 0 Å². The maximum Gasteiger partial charge on any atom is 0.147 e. The van der Waals surface area contributed by atoms with Gasteiger partial charge in [-0.05, 0) is 38.6 Å². The Kier molecular flexibility index (Phi) is 1.95. The van der Waals surface area contributed by atoms with Gasteiger partial charge in [0.15, 0.2) is 0 Å². The summed E-state index contributed by atoms with van der Waals surface area (Å²) in [4.78, 5) is 13.6. The quantitative estimate of drug-likeness (QED) is 0.587. The Labute approximate surface area is 73.9 Å². The molecule has 1 heterocycles. The number of fused-ring (bicyclic) bond motifs is 1. The van der Waals surface area contributed by atoms with Crippen LogP contribution in [-0.4, -0.2) is 30.3 Å². The van der Waals surface area contributed by atoms with E-state index in [1.54, 1.807) is 6.92 Å². The van der Waals surface area contributed by atoms with Gasteiger partial charge in [0.25, 0.3) is 0 Å². The maximum atomic E-state index is 11.4. The third kappa shape index (κ3) is 1.09. The zero-order valence-electron chi connectivity index (χ0n) is 7.92. The average molecular weight is 167 g/mol. The second-order valence-electron chi connectivity index (χ2n) is 4.35. The maximum absolute atomic E-state index is 11.4. The second kappa shape index (κ2) is 2.84. The predicted octanol–water partition coefficient (Wildman–Crippen LogP) is 1.31. The van der Waals surface area contributed by atoms with Gasteiger partial charge in [-0.1, -0.05) is 6.42 Å². The highest BCUT2D eigenvalue weighted by Gasteiger charge is 2.44. The third-order valence-electron chi connectivity index (χ3n) is 3.54. The van der Waals surface area contributed by atoms with Crippen LogP contribution in [0.25, 0.3) is 0 Å². The van der Waals surface area contributed by atoms with Crippen LogP contribution in [0.15, 0.2) is 0 Å². The molecule has 3 atom stereocenters. The molecule has 0 N–H and O–H groups in total. The van der Waals surface area contributed by atoms with Gasteiger partial charge in [-0.25, -0.2) is 0 Å². The van der Waals surface area contributed by atoms with E-state index in [0.29, 0.717) is 11.7 Å². The number of Topliss-reactive ketones (excluding diaryl/α,β-unsaturated/α-hetero) is 1. The molecule has 1 saturated heterocycles. The number of likely N-dealkylation sites (tertiary alicyclic amines) is 1. The van der Waals surface area contributed by atoms with E-state index in [1.807, 2.05) is 0 Å². The van der Waals surface area contributed by atoms with E-state index in [9.17, 15) is 4.79 Å². The van der Waals surface area contributed by atoms with Gasteiger partial charge in [-0.3, -0.25) is 9.69 Å². The molecule has 2 heteroatoms. The van der Waals surface area contributed by atoms with Crippen LogP contribution in [-0.2, 0) is 4.79 Å². The Balaban J connectivity index is 2.15. The van der Waals surface area contributed by atoms with Gasteiger partial charge < -0.3 is 0 Å². The molecule has 2 fully saturated rings. The fraction of sp³-hybridized carbons (Fsp3) is 0.900. The molecule has 0 amide bonds. The summed E-state index contributed by atoms with van der Waals surface area (Å²) >= 11 is 0. The van der Waals surface area contributed by atoms with Gasteiger partial charge in [0.05, 0.1) is 6.04 Å².